The van der Waals surface area contributed by atoms with E-state index in [1.807, 2.05) is 25.1 Å². The number of pyridine rings is 1. The molecule has 20 heavy (non-hydrogen) atoms. The van der Waals surface area contributed by atoms with Crippen molar-refractivity contribution < 1.29 is 4.52 Å². The standard InChI is InChI=1S/C12H12N6OS/c1-8-5-10(18-19-8)7-20-12-15-11(16-17-12)14-9-3-2-4-13-6-9/h2-6H,7H2,1H3,(H2,14,15,16,17). The van der Waals surface area contributed by atoms with E-state index in [1.54, 1.807) is 12.4 Å². The number of hydrogen-bond acceptors (Lipinski definition) is 7. The molecule has 3 heterocycles. The number of aromatic nitrogens is 5. The number of hydrogen-bond donors (Lipinski definition) is 2. The van der Waals surface area contributed by atoms with E-state index in [4.69, 9.17) is 4.52 Å². The summed E-state index contributed by atoms with van der Waals surface area (Å²) in [6.07, 6.45) is 3.43. The van der Waals surface area contributed by atoms with E-state index in [0.29, 0.717) is 16.9 Å². The summed E-state index contributed by atoms with van der Waals surface area (Å²) >= 11 is 1.49. The molecule has 0 bridgehead atoms. The molecule has 102 valence electrons. The molecule has 3 aromatic heterocycles. The van der Waals surface area contributed by atoms with Crippen LogP contribution in [0.25, 0.3) is 0 Å². The molecular weight excluding hydrogens is 276 g/mol. The first-order valence-electron chi connectivity index (χ1n) is 5.94. The Labute approximate surface area is 119 Å². The fraction of sp³-hybridized carbons (Fsp3) is 0.167. The Bertz CT molecular complexity index is 680. The van der Waals surface area contributed by atoms with E-state index < -0.39 is 0 Å². The molecule has 0 saturated carbocycles. The van der Waals surface area contributed by atoms with Crippen molar-refractivity contribution in [1.29, 1.82) is 0 Å². The molecule has 2 N–H and O–H groups in total. The smallest absolute Gasteiger partial charge is 0.224 e. The van der Waals surface area contributed by atoms with Crippen LogP contribution in [0.4, 0.5) is 11.6 Å². The number of nitrogens with zero attached hydrogens (tertiary/aromatic N) is 4. The van der Waals surface area contributed by atoms with Gasteiger partial charge in [0.2, 0.25) is 11.1 Å². The maximum atomic E-state index is 5.01. The molecule has 0 radical (unpaired) electrons. The minimum Gasteiger partial charge on any atom is -0.361 e. The molecule has 0 aromatic carbocycles. The summed E-state index contributed by atoms with van der Waals surface area (Å²) in [7, 11) is 0. The average Bonchev–Trinajstić information content (AvgIpc) is 3.07. The maximum Gasteiger partial charge on any atom is 0.224 e. The van der Waals surface area contributed by atoms with E-state index in [9.17, 15) is 0 Å². The normalized spacial score (nSPS) is 10.7. The summed E-state index contributed by atoms with van der Waals surface area (Å²) in [5, 5.41) is 14.6. The van der Waals surface area contributed by atoms with Crippen molar-refractivity contribution in [3.05, 3.63) is 42.0 Å². The Hall–Kier alpha value is -2.35. The van der Waals surface area contributed by atoms with Gasteiger partial charge in [0.15, 0.2) is 0 Å². The fourth-order valence-electron chi connectivity index (χ4n) is 1.56. The number of thioether (sulfide) groups is 1. The van der Waals surface area contributed by atoms with Crippen LogP contribution in [0.3, 0.4) is 0 Å². The summed E-state index contributed by atoms with van der Waals surface area (Å²) in [6.45, 7) is 1.86. The minimum atomic E-state index is 0.580. The van der Waals surface area contributed by atoms with Crippen LogP contribution in [0.15, 0.2) is 40.3 Å². The highest BCUT2D eigenvalue weighted by atomic mass is 32.2. The van der Waals surface area contributed by atoms with Crippen molar-refractivity contribution in [2.24, 2.45) is 0 Å². The SMILES string of the molecule is Cc1cc(CSc2n[nH]c(Nc3cccnc3)n2)no1. The van der Waals surface area contributed by atoms with Crippen LogP contribution in [0.1, 0.15) is 11.5 Å². The summed E-state index contributed by atoms with van der Waals surface area (Å²) < 4.78 is 5.01. The molecule has 0 aliphatic heterocycles. The number of anilines is 2. The van der Waals surface area contributed by atoms with Crippen molar-refractivity contribution in [1.82, 2.24) is 25.3 Å². The zero-order chi connectivity index (χ0) is 13.8. The zero-order valence-corrected chi connectivity index (χ0v) is 11.5. The van der Waals surface area contributed by atoms with Gasteiger partial charge in [0.1, 0.15) is 5.76 Å². The lowest BCUT2D eigenvalue weighted by Crippen LogP contribution is -1.92. The van der Waals surface area contributed by atoms with Gasteiger partial charge in [0.25, 0.3) is 0 Å². The first-order valence-corrected chi connectivity index (χ1v) is 6.92. The lowest BCUT2D eigenvalue weighted by molar-refractivity contribution is 0.393. The molecule has 8 heteroatoms. The monoisotopic (exact) mass is 288 g/mol. The highest BCUT2D eigenvalue weighted by Crippen LogP contribution is 2.20. The van der Waals surface area contributed by atoms with Crippen molar-refractivity contribution >= 4 is 23.4 Å². The van der Waals surface area contributed by atoms with Gasteiger partial charge >= 0.3 is 0 Å². The number of aromatic amines is 1. The molecule has 0 amide bonds. The van der Waals surface area contributed by atoms with E-state index in [2.05, 4.69) is 30.6 Å². The molecule has 0 aliphatic rings. The van der Waals surface area contributed by atoms with Gasteiger partial charge in [-0.2, -0.15) is 4.98 Å². The number of aryl methyl sites for hydroxylation is 1. The largest absolute Gasteiger partial charge is 0.361 e. The predicted octanol–water partition coefficient (Wildman–Crippen LogP) is 2.53. The van der Waals surface area contributed by atoms with Gasteiger partial charge in [-0.1, -0.05) is 16.9 Å². The molecular formula is C12H12N6OS. The van der Waals surface area contributed by atoms with Gasteiger partial charge in [-0.05, 0) is 19.1 Å². The highest BCUT2D eigenvalue weighted by molar-refractivity contribution is 7.98. The average molecular weight is 288 g/mol. The van der Waals surface area contributed by atoms with Gasteiger partial charge < -0.3 is 9.84 Å². The van der Waals surface area contributed by atoms with E-state index in [1.165, 1.54) is 11.8 Å². The third-order valence-corrected chi connectivity index (χ3v) is 3.30. The van der Waals surface area contributed by atoms with Crippen LogP contribution in [0.5, 0.6) is 0 Å². The van der Waals surface area contributed by atoms with Gasteiger partial charge in [0.05, 0.1) is 17.6 Å². The van der Waals surface area contributed by atoms with Crippen LogP contribution >= 0.6 is 11.8 Å². The van der Waals surface area contributed by atoms with Crippen LogP contribution < -0.4 is 5.32 Å². The molecule has 0 atom stereocenters. The zero-order valence-electron chi connectivity index (χ0n) is 10.7. The Morgan fingerprint density at radius 3 is 3.15 bits per heavy atom. The highest BCUT2D eigenvalue weighted by Gasteiger charge is 2.06. The first-order chi connectivity index (χ1) is 9.79. The topological polar surface area (TPSA) is 92.5 Å². The number of H-pyrrole nitrogens is 1. The Kier molecular flexibility index (Phi) is 3.64. The summed E-state index contributed by atoms with van der Waals surface area (Å²) in [4.78, 5) is 8.34. The quantitative estimate of drug-likeness (QED) is 0.697. The lowest BCUT2D eigenvalue weighted by Gasteiger charge is -1.99. The second-order valence-corrected chi connectivity index (χ2v) is 4.99. The third-order valence-electron chi connectivity index (χ3n) is 2.42. The van der Waals surface area contributed by atoms with Gasteiger partial charge in [-0.15, -0.1) is 5.10 Å². The van der Waals surface area contributed by atoms with Crippen molar-refractivity contribution in [2.45, 2.75) is 17.8 Å². The molecule has 0 fully saturated rings. The van der Waals surface area contributed by atoms with Gasteiger partial charge in [0, 0.05) is 18.0 Å². The van der Waals surface area contributed by atoms with Gasteiger partial charge in [-0.25, -0.2) is 5.10 Å². The summed E-state index contributed by atoms with van der Waals surface area (Å²) in [5.41, 5.74) is 1.73. The molecule has 3 rings (SSSR count). The summed E-state index contributed by atoms with van der Waals surface area (Å²) in [5.74, 6) is 2.05. The Balaban J connectivity index is 1.59. The Morgan fingerprint density at radius 2 is 2.40 bits per heavy atom. The van der Waals surface area contributed by atoms with Gasteiger partial charge in [-0.3, -0.25) is 4.98 Å². The van der Waals surface area contributed by atoms with Crippen LogP contribution in [-0.2, 0) is 5.75 Å². The molecule has 7 nitrogen and oxygen atoms in total. The number of rotatable bonds is 5. The molecule has 3 aromatic rings. The van der Waals surface area contributed by atoms with Crippen molar-refractivity contribution in [3.63, 3.8) is 0 Å². The second-order valence-electron chi connectivity index (χ2n) is 4.05. The Morgan fingerprint density at radius 1 is 1.45 bits per heavy atom. The van der Waals surface area contributed by atoms with Crippen LogP contribution in [0.2, 0.25) is 0 Å². The third kappa shape index (κ3) is 3.15. The first kappa shape index (κ1) is 12.7. The van der Waals surface area contributed by atoms with E-state index in [-0.39, 0.29) is 0 Å². The molecule has 0 aliphatic carbocycles. The van der Waals surface area contributed by atoms with Crippen molar-refractivity contribution in [3.8, 4) is 0 Å². The molecule has 0 saturated heterocycles. The van der Waals surface area contributed by atoms with E-state index in [0.717, 1.165) is 17.1 Å². The van der Waals surface area contributed by atoms with Crippen molar-refractivity contribution in [2.75, 3.05) is 5.32 Å². The second kappa shape index (κ2) is 5.74. The lowest BCUT2D eigenvalue weighted by atomic mass is 10.4. The summed E-state index contributed by atoms with van der Waals surface area (Å²) in [6, 6.07) is 5.65. The molecule has 0 unspecified atom stereocenters. The fourth-order valence-corrected chi connectivity index (χ4v) is 2.24. The maximum absolute atomic E-state index is 5.01. The van der Waals surface area contributed by atoms with E-state index >= 15 is 0 Å². The molecule has 0 spiro atoms. The van der Waals surface area contributed by atoms with Crippen LogP contribution in [0, 0.1) is 6.92 Å². The van der Waals surface area contributed by atoms with Crippen LogP contribution in [-0.4, -0.2) is 25.3 Å². The number of nitrogens with one attached hydrogen (secondary N) is 2. The predicted molar refractivity (Wildman–Crippen MR) is 74.7 cm³/mol. The minimum absolute atomic E-state index is 0.580.